The molecule has 2 aliphatic rings. The molecule has 0 saturated carbocycles. The summed E-state index contributed by atoms with van der Waals surface area (Å²) in [4.78, 5) is 16.4. The number of piperidine rings is 2. The van der Waals surface area contributed by atoms with Crippen LogP contribution < -0.4 is 4.90 Å². The molecule has 0 spiro atoms. The van der Waals surface area contributed by atoms with E-state index in [0.717, 1.165) is 32.6 Å². The molecule has 1 amide bonds. The largest absolute Gasteiger partial charge is 0.342 e. The van der Waals surface area contributed by atoms with E-state index in [1.807, 2.05) is 0 Å². The number of likely N-dealkylation sites (tertiary alicyclic amines) is 2. The summed E-state index contributed by atoms with van der Waals surface area (Å²) < 4.78 is 1.19. The van der Waals surface area contributed by atoms with Crippen LogP contribution in [0.15, 0.2) is 28.7 Å². The van der Waals surface area contributed by atoms with Crippen molar-refractivity contribution in [3.63, 3.8) is 0 Å². The minimum absolute atomic E-state index is 0.240. The van der Waals surface area contributed by atoms with Crippen molar-refractivity contribution in [2.45, 2.75) is 38.6 Å². The second-order valence-corrected chi connectivity index (χ2v) is 7.55. The number of nitrogens with zero attached hydrogens (tertiary/aromatic N) is 1. The summed E-state index contributed by atoms with van der Waals surface area (Å²) in [6, 6.07) is 8.45. The molecule has 1 aromatic carbocycles. The summed E-state index contributed by atoms with van der Waals surface area (Å²) >= 11 is 3.64. The maximum Gasteiger partial charge on any atom is 0.231 e. The van der Waals surface area contributed by atoms with Crippen LogP contribution in [0.5, 0.6) is 0 Å². The van der Waals surface area contributed by atoms with E-state index in [2.05, 4.69) is 45.1 Å². The van der Waals surface area contributed by atoms with Crippen molar-refractivity contribution in [1.29, 1.82) is 0 Å². The van der Waals surface area contributed by atoms with Crippen molar-refractivity contribution in [3.8, 4) is 0 Å². The van der Waals surface area contributed by atoms with Crippen LogP contribution in [0.25, 0.3) is 0 Å². The molecular weight excluding hydrogens is 340 g/mol. The van der Waals surface area contributed by atoms with E-state index in [9.17, 15) is 4.79 Å². The zero-order valence-electron chi connectivity index (χ0n) is 13.2. The van der Waals surface area contributed by atoms with Crippen molar-refractivity contribution in [2.24, 2.45) is 5.92 Å². The Labute approximate surface area is 141 Å². The van der Waals surface area contributed by atoms with Gasteiger partial charge in [0.05, 0.1) is 19.0 Å². The van der Waals surface area contributed by atoms with E-state index in [-0.39, 0.29) is 5.92 Å². The fourth-order valence-corrected chi connectivity index (χ4v) is 4.23. The lowest BCUT2D eigenvalue weighted by molar-refractivity contribution is -0.921. The Hall–Kier alpha value is -0.870. The summed E-state index contributed by atoms with van der Waals surface area (Å²) in [5, 5.41) is 0. The fourth-order valence-electron chi connectivity index (χ4n) is 3.81. The van der Waals surface area contributed by atoms with Crippen molar-refractivity contribution in [2.75, 3.05) is 26.2 Å². The maximum absolute atomic E-state index is 12.7. The second-order valence-electron chi connectivity index (χ2n) is 6.70. The Bertz CT molecular complexity index is 514. The molecule has 2 heterocycles. The van der Waals surface area contributed by atoms with Gasteiger partial charge in [0.2, 0.25) is 5.91 Å². The molecule has 1 aromatic rings. The smallest absolute Gasteiger partial charge is 0.231 e. The van der Waals surface area contributed by atoms with Crippen LogP contribution in [0.2, 0.25) is 0 Å². The minimum atomic E-state index is 0.240. The summed E-state index contributed by atoms with van der Waals surface area (Å²) in [7, 11) is 0. The van der Waals surface area contributed by atoms with E-state index in [1.54, 1.807) is 4.90 Å². The number of rotatable bonds is 3. The molecule has 1 unspecified atom stereocenters. The van der Waals surface area contributed by atoms with Gasteiger partial charge >= 0.3 is 0 Å². The third-order valence-electron chi connectivity index (χ3n) is 5.03. The lowest BCUT2D eigenvalue weighted by Crippen LogP contribution is -3.12. The zero-order valence-corrected chi connectivity index (χ0v) is 14.8. The second kappa shape index (κ2) is 7.60. The van der Waals surface area contributed by atoms with E-state index in [1.165, 1.54) is 42.3 Å². The molecule has 2 atom stereocenters. The highest BCUT2D eigenvalue weighted by Crippen LogP contribution is 2.18. The van der Waals surface area contributed by atoms with Crippen molar-refractivity contribution in [3.05, 3.63) is 34.3 Å². The van der Waals surface area contributed by atoms with Crippen LogP contribution in [-0.4, -0.2) is 37.0 Å². The first kappa shape index (κ1) is 16.0. The number of amides is 1. The number of quaternary nitrogens is 1. The molecule has 0 aromatic heterocycles. The Morgan fingerprint density at radius 3 is 2.73 bits per heavy atom. The lowest BCUT2D eigenvalue weighted by Gasteiger charge is -2.34. The molecule has 2 aliphatic heterocycles. The van der Waals surface area contributed by atoms with Gasteiger partial charge in [0.15, 0.2) is 0 Å². The highest BCUT2D eigenvalue weighted by molar-refractivity contribution is 9.10. The third kappa shape index (κ3) is 3.90. The predicted octanol–water partition coefficient (Wildman–Crippen LogP) is 2.26. The van der Waals surface area contributed by atoms with Gasteiger partial charge in [-0.1, -0.05) is 34.1 Å². The van der Waals surface area contributed by atoms with Gasteiger partial charge in [-0.25, -0.2) is 0 Å². The predicted molar refractivity (Wildman–Crippen MR) is 91.7 cm³/mol. The molecule has 3 nitrogen and oxygen atoms in total. The zero-order chi connectivity index (χ0) is 15.4. The number of carbonyl (C=O) groups is 1. The molecule has 2 fully saturated rings. The average Bonchev–Trinajstić information content (AvgIpc) is 2.57. The van der Waals surface area contributed by atoms with Gasteiger partial charge in [-0.3, -0.25) is 4.79 Å². The van der Waals surface area contributed by atoms with Crippen LogP contribution in [0.1, 0.15) is 37.7 Å². The number of carbonyl (C=O) groups excluding carboxylic acids is 1. The molecule has 2 saturated heterocycles. The third-order valence-corrected chi connectivity index (χ3v) is 5.81. The molecule has 1 N–H and O–H groups in total. The lowest BCUT2D eigenvalue weighted by atomic mass is 9.95. The Morgan fingerprint density at radius 2 is 1.95 bits per heavy atom. The molecule has 0 bridgehead atoms. The van der Waals surface area contributed by atoms with Crippen LogP contribution in [-0.2, 0) is 11.3 Å². The molecule has 120 valence electrons. The van der Waals surface area contributed by atoms with E-state index >= 15 is 0 Å². The monoisotopic (exact) mass is 365 g/mol. The number of nitrogens with one attached hydrogen (secondary N) is 1. The molecule has 0 radical (unpaired) electrons. The van der Waals surface area contributed by atoms with Gasteiger partial charge in [0, 0.05) is 23.1 Å². The number of hydrogen-bond donors (Lipinski definition) is 1. The van der Waals surface area contributed by atoms with Crippen LogP contribution in [0.4, 0.5) is 0 Å². The topological polar surface area (TPSA) is 24.8 Å². The number of benzene rings is 1. The first-order valence-corrected chi connectivity index (χ1v) is 9.39. The van der Waals surface area contributed by atoms with Crippen LogP contribution >= 0.6 is 15.9 Å². The van der Waals surface area contributed by atoms with Crippen LogP contribution in [0, 0.1) is 5.92 Å². The van der Waals surface area contributed by atoms with Gasteiger partial charge in [0.25, 0.3) is 0 Å². The molecule has 0 aliphatic carbocycles. The molecular formula is C18H26BrN2O+. The quantitative estimate of drug-likeness (QED) is 0.872. The van der Waals surface area contributed by atoms with E-state index < -0.39 is 0 Å². The fraction of sp³-hybridized carbons (Fsp3) is 0.611. The summed E-state index contributed by atoms with van der Waals surface area (Å²) in [5.74, 6) is 0.661. The van der Waals surface area contributed by atoms with Crippen molar-refractivity contribution < 1.29 is 9.69 Å². The van der Waals surface area contributed by atoms with Gasteiger partial charge < -0.3 is 9.80 Å². The Kier molecular flexibility index (Phi) is 5.53. The molecule has 22 heavy (non-hydrogen) atoms. The number of hydrogen-bond acceptors (Lipinski definition) is 1. The van der Waals surface area contributed by atoms with E-state index in [0.29, 0.717) is 5.91 Å². The van der Waals surface area contributed by atoms with E-state index in [4.69, 9.17) is 0 Å². The van der Waals surface area contributed by atoms with Gasteiger partial charge in [0.1, 0.15) is 6.54 Å². The first-order valence-electron chi connectivity index (χ1n) is 8.60. The SMILES string of the molecule is O=C([C@H]1CCC[NH+](Cc2ccccc2Br)C1)N1CCCCC1. The van der Waals surface area contributed by atoms with Crippen molar-refractivity contribution in [1.82, 2.24) is 4.90 Å². The highest BCUT2D eigenvalue weighted by atomic mass is 79.9. The summed E-state index contributed by atoms with van der Waals surface area (Å²) in [6.07, 6.45) is 5.91. The number of halogens is 1. The van der Waals surface area contributed by atoms with Gasteiger partial charge in [-0.15, -0.1) is 0 Å². The normalized spacial score (nSPS) is 26.0. The van der Waals surface area contributed by atoms with Gasteiger partial charge in [-0.05, 0) is 38.2 Å². The average molecular weight is 366 g/mol. The summed E-state index contributed by atoms with van der Waals surface area (Å²) in [5.41, 5.74) is 1.35. The Morgan fingerprint density at radius 1 is 1.18 bits per heavy atom. The standard InChI is InChI=1S/C18H25BrN2O/c19-17-9-3-2-7-15(17)13-20-10-6-8-16(14-20)18(22)21-11-4-1-5-12-21/h2-3,7,9,16H,1,4-6,8,10-14H2/p+1/t16-/m0/s1. The molecule has 4 heteroatoms. The van der Waals surface area contributed by atoms with Crippen molar-refractivity contribution >= 4 is 21.8 Å². The van der Waals surface area contributed by atoms with Crippen LogP contribution in [0.3, 0.4) is 0 Å². The summed E-state index contributed by atoms with van der Waals surface area (Å²) in [6.45, 7) is 5.16. The van der Waals surface area contributed by atoms with Gasteiger partial charge in [-0.2, -0.15) is 0 Å². The first-order chi connectivity index (χ1) is 10.7. The minimum Gasteiger partial charge on any atom is -0.342 e. The maximum atomic E-state index is 12.7. The molecule has 3 rings (SSSR count). The Balaban J connectivity index is 1.59. The highest BCUT2D eigenvalue weighted by Gasteiger charge is 2.32.